The largest absolute Gasteiger partial charge is 0.324 e. The van der Waals surface area contributed by atoms with Crippen molar-refractivity contribution in [3.05, 3.63) is 46.6 Å². The molecule has 0 aliphatic carbocycles. The number of anilines is 3. The highest BCUT2D eigenvalue weighted by atomic mass is 19.1. The van der Waals surface area contributed by atoms with Gasteiger partial charge in [-0.15, -0.1) is 0 Å². The lowest BCUT2D eigenvalue weighted by Gasteiger charge is -2.33. The van der Waals surface area contributed by atoms with E-state index in [1.54, 1.807) is 0 Å². The molecule has 29 heavy (non-hydrogen) atoms. The zero-order valence-corrected chi connectivity index (χ0v) is 18.2. The van der Waals surface area contributed by atoms with Crippen LogP contribution in [0.4, 0.5) is 21.6 Å². The van der Waals surface area contributed by atoms with Crippen molar-refractivity contribution in [3.63, 3.8) is 0 Å². The van der Waals surface area contributed by atoms with E-state index in [9.17, 15) is 9.18 Å². The average Bonchev–Trinajstić information content (AvgIpc) is 2.63. The van der Waals surface area contributed by atoms with Crippen LogP contribution in [0.2, 0.25) is 0 Å². The van der Waals surface area contributed by atoms with E-state index in [-0.39, 0.29) is 5.91 Å². The van der Waals surface area contributed by atoms with Gasteiger partial charge in [-0.2, -0.15) is 0 Å². The number of alkyl halides is 1. The summed E-state index contributed by atoms with van der Waals surface area (Å²) in [4.78, 5) is 19.0. The van der Waals surface area contributed by atoms with Crippen LogP contribution in [0.5, 0.6) is 0 Å². The fourth-order valence-electron chi connectivity index (χ4n) is 3.97. The van der Waals surface area contributed by atoms with Gasteiger partial charge in [0.25, 0.3) is 0 Å². The predicted octanol–water partition coefficient (Wildman–Crippen LogP) is 5.80. The van der Waals surface area contributed by atoms with Crippen LogP contribution in [0.15, 0.2) is 24.3 Å². The molecule has 0 fully saturated rings. The Labute approximate surface area is 173 Å². The monoisotopic (exact) mass is 397 g/mol. The van der Waals surface area contributed by atoms with Crippen molar-refractivity contribution in [1.82, 2.24) is 4.98 Å². The molecule has 1 amide bonds. The zero-order chi connectivity index (χ0) is 21.1. The molecule has 1 aliphatic rings. The van der Waals surface area contributed by atoms with Crippen LogP contribution >= 0.6 is 0 Å². The lowest BCUT2D eigenvalue weighted by Crippen LogP contribution is -2.33. The van der Waals surface area contributed by atoms with Gasteiger partial charge in [-0.1, -0.05) is 38.0 Å². The van der Waals surface area contributed by atoms with Crippen LogP contribution < -0.4 is 10.2 Å². The van der Waals surface area contributed by atoms with Crippen LogP contribution in [0, 0.1) is 26.7 Å². The lowest BCUT2D eigenvalue weighted by atomic mass is 9.98. The number of fused-ring (bicyclic) bond motifs is 1. The number of nitrogens with zero attached hydrogens (tertiary/aromatic N) is 2. The SMILES string of the molecule is Cc1ccc2c(c1)CC(F)CN2c1cc(C)c(NC(=O)CCCC(C)C)c(C)n1. The first-order valence-electron chi connectivity index (χ1n) is 10.5. The number of rotatable bonds is 6. The highest BCUT2D eigenvalue weighted by Gasteiger charge is 2.26. The Morgan fingerprint density at radius 1 is 1.28 bits per heavy atom. The Hall–Kier alpha value is -2.43. The summed E-state index contributed by atoms with van der Waals surface area (Å²) >= 11 is 0. The highest BCUT2D eigenvalue weighted by molar-refractivity contribution is 5.92. The van der Waals surface area contributed by atoms with Gasteiger partial charge < -0.3 is 10.2 Å². The normalized spacial score (nSPS) is 16.1. The molecule has 0 saturated carbocycles. The van der Waals surface area contributed by atoms with Gasteiger partial charge in [0, 0.05) is 18.5 Å². The Morgan fingerprint density at radius 3 is 2.72 bits per heavy atom. The summed E-state index contributed by atoms with van der Waals surface area (Å²) < 4.78 is 14.4. The fourth-order valence-corrected chi connectivity index (χ4v) is 3.97. The van der Waals surface area contributed by atoms with Crippen molar-refractivity contribution in [2.45, 2.75) is 66.5 Å². The molecule has 156 valence electrons. The maximum absolute atomic E-state index is 14.4. The quantitative estimate of drug-likeness (QED) is 0.669. The Balaban J connectivity index is 1.82. The van der Waals surface area contributed by atoms with E-state index in [2.05, 4.69) is 31.3 Å². The van der Waals surface area contributed by atoms with E-state index in [1.807, 2.05) is 37.8 Å². The number of pyridine rings is 1. The second-order valence-corrected chi connectivity index (χ2v) is 8.64. The maximum Gasteiger partial charge on any atom is 0.224 e. The van der Waals surface area contributed by atoms with E-state index in [1.165, 1.54) is 0 Å². The summed E-state index contributed by atoms with van der Waals surface area (Å²) in [5.41, 5.74) is 5.63. The number of halogens is 1. The van der Waals surface area contributed by atoms with Crippen LogP contribution in [0.25, 0.3) is 0 Å². The zero-order valence-electron chi connectivity index (χ0n) is 18.2. The number of aromatic nitrogens is 1. The van der Waals surface area contributed by atoms with Gasteiger partial charge in [0.15, 0.2) is 0 Å². The van der Waals surface area contributed by atoms with Crippen molar-refractivity contribution in [2.24, 2.45) is 5.92 Å². The standard InChI is InChI=1S/C24H32FN3O/c1-15(2)7-6-8-23(29)27-24-17(4)12-22(26-18(24)5)28-14-20(25)13-19-11-16(3)9-10-21(19)28/h9-12,15,20H,6-8,13-14H2,1-5H3,(H,27,29). The molecule has 1 atom stereocenters. The maximum atomic E-state index is 14.4. The van der Waals surface area contributed by atoms with E-state index in [0.717, 1.165) is 52.4 Å². The summed E-state index contributed by atoms with van der Waals surface area (Å²) in [5.74, 6) is 1.35. The van der Waals surface area contributed by atoms with Crippen molar-refractivity contribution >= 4 is 23.1 Å². The summed E-state index contributed by atoms with van der Waals surface area (Å²) in [6.45, 7) is 10.5. The minimum atomic E-state index is -0.924. The lowest BCUT2D eigenvalue weighted by molar-refractivity contribution is -0.116. The van der Waals surface area contributed by atoms with Gasteiger partial charge >= 0.3 is 0 Å². The number of aryl methyl sites for hydroxylation is 3. The first-order valence-corrected chi connectivity index (χ1v) is 10.5. The first kappa shape index (κ1) is 21.3. The van der Waals surface area contributed by atoms with Crippen molar-refractivity contribution in [2.75, 3.05) is 16.8 Å². The van der Waals surface area contributed by atoms with Gasteiger partial charge in [0.2, 0.25) is 5.91 Å². The van der Waals surface area contributed by atoms with Crippen molar-refractivity contribution in [3.8, 4) is 0 Å². The van der Waals surface area contributed by atoms with Gasteiger partial charge in [-0.3, -0.25) is 4.79 Å². The Bertz CT molecular complexity index is 871. The van der Waals surface area contributed by atoms with Gasteiger partial charge in [-0.25, -0.2) is 9.37 Å². The van der Waals surface area contributed by atoms with Crippen LogP contribution in [-0.4, -0.2) is 23.6 Å². The molecule has 1 unspecified atom stereocenters. The second-order valence-electron chi connectivity index (χ2n) is 8.64. The highest BCUT2D eigenvalue weighted by Crippen LogP contribution is 2.35. The topological polar surface area (TPSA) is 45.2 Å². The molecule has 3 rings (SSSR count). The molecule has 1 aliphatic heterocycles. The van der Waals surface area contributed by atoms with E-state index in [4.69, 9.17) is 4.98 Å². The molecule has 2 heterocycles. The number of amides is 1. The smallest absolute Gasteiger partial charge is 0.224 e. The Morgan fingerprint density at radius 2 is 2.03 bits per heavy atom. The predicted molar refractivity (Wildman–Crippen MR) is 118 cm³/mol. The van der Waals surface area contributed by atoms with Crippen LogP contribution in [0.1, 0.15) is 55.5 Å². The number of hydrogen-bond acceptors (Lipinski definition) is 3. The molecule has 0 saturated heterocycles. The molecule has 0 radical (unpaired) electrons. The fraction of sp³-hybridized carbons (Fsp3) is 0.500. The summed E-state index contributed by atoms with van der Waals surface area (Å²) in [5, 5.41) is 3.02. The number of benzene rings is 1. The second kappa shape index (κ2) is 8.93. The summed E-state index contributed by atoms with van der Waals surface area (Å²) in [6.07, 6.45) is 1.96. The molecule has 1 N–H and O–H groups in total. The number of nitrogens with one attached hydrogen (secondary N) is 1. The molecular weight excluding hydrogens is 365 g/mol. The molecule has 4 nitrogen and oxygen atoms in total. The molecule has 1 aromatic heterocycles. The molecule has 0 spiro atoms. The average molecular weight is 398 g/mol. The number of carbonyl (C=O) groups excluding carboxylic acids is 1. The van der Waals surface area contributed by atoms with E-state index < -0.39 is 6.17 Å². The molecule has 1 aromatic carbocycles. The van der Waals surface area contributed by atoms with Crippen molar-refractivity contribution < 1.29 is 9.18 Å². The number of hydrogen-bond donors (Lipinski definition) is 1. The van der Waals surface area contributed by atoms with Gasteiger partial charge in [-0.05, 0) is 56.4 Å². The van der Waals surface area contributed by atoms with Gasteiger partial charge in [0.05, 0.1) is 17.9 Å². The molecule has 5 heteroatoms. The van der Waals surface area contributed by atoms with Crippen LogP contribution in [0.3, 0.4) is 0 Å². The third-order valence-electron chi connectivity index (χ3n) is 5.46. The first-order chi connectivity index (χ1) is 13.7. The molecular formula is C24H32FN3O. The minimum absolute atomic E-state index is 0.0222. The van der Waals surface area contributed by atoms with Crippen LogP contribution in [-0.2, 0) is 11.2 Å². The minimum Gasteiger partial charge on any atom is -0.324 e. The molecule has 2 aromatic rings. The summed E-state index contributed by atoms with van der Waals surface area (Å²) in [7, 11) is 0. The summed E-state index contributed by atoms with van der Waals surface area (Å²) in [6, 6.07) is 8.10. The third-order valence-corrected chi connectivity index (χ3v) is 5.46. The number of carbonyl (C=O) groups is 1. The van der Waals surface area contributed by atoms with E-state index >= 15 is 0 Å². The third kappa shape index (κ3) is 5.14. The molecule has 0 bridgehead atoms. The van der Waals surface area contributed by atoms with Crippen molar-refractivity contribution in [1.29, 1.82) is 0 Å². The van der Waals surface area contributed by atoms with Gasteiger partial charge in [0.1, 0.15) is 12.0 Å². The Kier molecular flexibility index (Phi) is 6.56. The van der Waals surface area contributed by atoms with E-state index in [0.29, 0.717) is 25.3 Å².